The number of aromatic amines is 1. The SMILES string of the molecule is CCOC(=O)C(CSC)NC(=O)[C@H](CCC(=O)C=N)NC(=O)[C@H](Cc1c[nH]c2ccccc12)NC(C)=O. The predicted octanol–water partition coefficient (Wildman–Crippen LogP) is 1.11. The molecule has 12 heteroatoms. The highest BCUT2D eigenvalue weighted by molar-refractivity contribution is 7.98. The molecule has 0 bridgehead atoms. The number of carbonyl (C=O) groups excluding carboxylic acids is 5. The lowest BCUT2D eigenvalue weighted by atomic mass is 10.0. The van der Waals surface area contributed by atoms with E-state index in [0.29, 0.717) is 6.21 Å². The fraction of sp³-hybridized carbons (Fsp3) is 0.440. The Labute approximate surface area is 219 Å². The Morgan fingerprint density at radius 2 is 1.73 bits per heavy atom. The molecule has 5 N–H and O–H groups in total. The fourth-order valence-corrected chi connectivity index (χ4v) is 4.28. The zero-order chi connectivity index (χ0) is 27.4. The average Bonchev–Trinajstić information content (AvgIpc) is 3.28. The molecule has 3 atom stereocenters. The summed E-state index contributed by atoms with van der Waals surface area (Å²) in [6, 6.07) is 4.39. The largest absolute Gasteiger partial charge is 0.464 e. The van der Waals surface area contributed by atoms with Crippen LogP contribution in [0.1, 0.15) is 32.3 Å². The molecule has 0 saturated carbocycles. The molecular formula is C25H33N5O6S. The minimum Gasteiger partial charge on any atom is -0.464 e. The number of aromatic nitrogens is 1. The molecule has 0 aliphatic carbocycles. The van der Waals surface area contributed by atoms with Crippen molar-refractivity contribution in [2.45, 2.75) is 51.2 Å². The molecule has 37 heavy (non-hydrogen) atoms. The number of rotatable bonds is 15. The highest BCUT2D eigenvalue weighted by Gasteiger charge is 2.30. The van der Waals surface area contributed by atoms with Crippen molar-refractivity contribution in [3.05, 3.63) is 36.0 Å². The standard InChI is InChI=1S/C25H33N5O6S/c1-4-36-25(35)22(14-37-3)30-23(33)20(10-9-17(32)12-26)29-24(34)21(28-15(2)31)11-16-13-27-19-8-6-5-7-18(16)19/h5-8,12-13,20-22,26-27H,4,9-11,14H2,1-3H3,(H,28,31)(H,29,34)(H,30,33)/t20-,21-,22?/m0/s1. The van der Waals surface area contributed by atoms with Gasteiger partial charge in [-0.05, 0) is 31.2 Å². The summed E-state index contributed by atoms with van der Waals surface area (Å²) in [6.07, 6.45) is 4.06. The van der Waals surface area contributed by atoms with Gasteiger partial charge in [0.05, 0.1) is 12.8 Å². The summed E-state index contributed by atoms with van der Waals surface area (Å²) in [5, 5.41) is 15.8. The van der Waals surface area contributed by atoms with Gasteiger partial charge in [0.1, 0.15) is 18.1 Å². The number of thioether (sulfide) groups is 1. The number of ether oxygens (including phenoxy) is 1. The number of esters is 1. The minimum absolute atomic E-state index is 0.0967. The number of nitrogens with one attached hydrogen (secondary N) is 5. The van der Waals surface area contributed by atoms with Crippen LogP contribution in [0.4, 0.5) is 0 Å². The molecule has 11 nitrogen and oxygen atoms in total. The minimum atomic E-state index is -1.19. The van der Waals surface area contributed by atoms with Crippen LogP contribution in [0.15, 0.2) is 30.5 Å². The first-order valence-corrected chi connectivity index (χ1v) is 13.2. The first kappa shape index (κ1) is 29.6. The topological polar surface area (TPSA) is 170 Å². The Morgan fingerprint density at radius 3 is 2.38 bits per heavy atom. The van der Waals surface area contributed by atoms with E-state index >= 15 is 0 Å². The lowest BCUT2D eigenvalue weighted by Gasteiger charge is -2.24. The molecule has 2 rings (SSSR count). The van der Waals surface area contributed by atoms with Gasteiger partial charge in [-0.3, -0.25) is 19.2 Å². The summed E-state index contributed by atoms with van der Waals surface area (Å²) in [4.78, 5) is 65.4. The van der Waals surface area contributed by atoms with Gasteiger partial charge in [-0.15, -0.1) is 0 Å². The van der Waals surface area contributed by atoms with Crippen LogP contribution in [-0.4, -0.2) is 77.4 Å². The van der Waals surface area contributed by atoms with E-state index < -0.39 is 47.6 Å². The zero-order valence-electron chi connectivity index (χ0n) is 21.1. The maximum atomic E-state index is 13.3. The maximum Gasteiger partial charge on any atom is 0.329 e. The van der Waals surface area contributed by atoms with Gasteiger partial charge in [0.15, 0.2) is 5.78 Å². The Morgan fingerprint density at radius 1 is 1.05 bits per heavy atom. The third-order valence-corrected chi connectivity index (χ3v) is 6.15. The van der Waals surface area contributed by atoms with Crippen molar-refractivity contribution >= 4 is 58.4 Å². The van der Waals surface area contributed by atoms with Gasteiger partial charge >= 0.3 is 5.97 Å². The van der Waals surface area contributed by atoms with Crippen molar-refractivity contribution in [3.63, 3.8) is 0 Å². The highest BCUT2D eigenvalue weighted by atomic mass is 32.2. The quantitative estimate of drug-likeness (QED) is 0.169. The van der Waals surface area contributed by atoms with Crippen molar-refractivity contribution in [2.24, 2.45) is 0 Å². The first-order chi connectivity index (χ1) is 17.7. The molecule has 1 unspecified atom stereocenters. The van der Waals surface area contributed by atoms with E-state index in [9.17, 15) is 24.0 Å². The Balaban J connectivity index is 2.24. The summed E-state index contributed by atoms with van der Waals surface area (Å²) < 4.78 is 5.02. The van der Waals surface area contributed by atoms with Crippen LogP contribution in [-0.2, 0) is 35.1 Å². The second-order valence-corrected chi connectivity index (χ2v) is 9.21. The Bertz CT molecular complexity index is 1130. The van der Waals surface area contributed by atoms with Crippen molar-refractivity contribution in [1.29, 1.82) is 5.41 Å². The molecule has 2 aromatic rings. The van der Waals surface area contributed by atoms with Gasteiger partial charge in [-0.1, -0.05) is 18.2 Å². The maximum absolute atomic E-state index is 13.3. The second-order valence-electron chi connectivity index (χ2n) is 8.30. The normalized spacial score (nSPS) is 13.2. The second kappa shape index (κ2) is 14.8. The van der Waals surface area contributed by atoms with E-state index in [1.807, 2.05) is 24.3 Å². The van der Waals surface area contributed by atoms with Gasteiger partial charge < -0.3 is 31.1 Å². The molecule has 1 heterocycles. The summed E-state index contributed by atoms with van der Waals surface area (Å²) in [6.45, 7) is 3.08. The number of H-pyrrole nitrogens is 1. The van der Waals surface area contributed by atoms with Crippen LogP contribution >= 0.6 is 11.8 Å². The molecular weight excluding hydrogens is 498 g/mol. The van der Waals surface area contributed by atoms with Crippen molar-refractivity contribution in [1.82, 2.24) is 20.9 Å². The van der Waals surface area contributed by atoms with Crippen molar-refractivity contribution in [3.8, 4) is 0 Å². The molecule has 0 aliphatic rings. The molecule has 0 fully saturated rings. The van der Waals surface area contributed by atoms with Crippen LogP contribution in [0.5, 0.6) is 0 Å². The first-order valence-electron chi connectivity index (χ1n) is 11.8. The molecule has 0 spiro atoms. The average molecular weight is 532 g/mol. The lowest BCUT2D eigenvalue weighted by Crippen LogP contribution is -2.56. The number of Topliss-reactive ketones (excluding diaryl/α,β-unsaturated/α-hetero) is 1. The summed E-state index contributed by atoms with van der Waals surface area (Å²) in [7, 11) is 0. The monoisotopic (exact) mass is 531 g/mol. The van der Waals surface area contributed by atoms with E-state index in [2.05, 4.69) is 20.9 Å². The molecule has 0 aliphatic heterocycles. The van der Waals surface area contributed by atoms with Crippen molar-refractivity contribution in [2.75, 3.05) is 18.6 Å². The lowest BCUT2D eigenvalue weighted by molar-refractivity contribution is -0.147. The van der Waals surface area contributed by atoms with Crippen LogP contribution in [0.25, 0.3) is 10.9 Å². The van der Waals surface area contributed by atoms with E-state index in [1.165, 1.54) is 18.7 Å². The van der Waals surface area contributed by atoms with E-state index in [0.717, 1.165) is 16.5 Å². The van der Waals surface area contributed by atoms with Gasteiger partial charge in [-0.2, -0.15) is 11.8 Å². The fourth-order valence-electron chi connectivity index (χ4n) is 3.73. The number of ketones is 1. The van der Waals surface area contributed by atoms with Gasteiger partial charge in [0.2, 0.25) is 17.7 Å². The van der Waals surface area contributed by atoms with Crippen LogP contribution < -0.4 is 16.0 Å². The smallest absolute Gasteiger partial charge is 0.329 e. The van der Waals surface area contributed by atoms with Gasteiger partial charge in [0, 0.05) is 42.6 Å². The number of carbonyl (C=O) groups is 5. The summed E-state index contributed by atoms with van der Waals surface area (Å²) in [5.74, 6) is -2.61. The Kier molecular flexibility index (Phi) is 11.8. The number of hydrogen-bond donors (Lipinski definition) is 5. The third-order valence-electron chi connectivity index (χ3n) is 5.49. The summed E-state index contributed by atoms with van der Waals surface area (Å²) >= 11 is 1.33. The number of hydrogen-bond acceptors (Lipinski definition) is 8. The van der Waals surface area contributed by atoms with Crippen LogP contribution in [0.2, 0.25) is 0 Å². The zero-order valence-corrected chi connectivity index (χ0v) is 21.9. The highest BCUT2D eigenvalue weighted by Crippen LogP contribution is 2.19. The summed E-state index contributed by atoms with van der Waals surface area (Å²) in [5.41, 5.74) is 1.67. The number of benzene rings is 1. The number of para-hydroxylation sites is 1. The molecule has 1 aromatic heterocycles. The Hall–Kier alpha value is -3.67. The van der Waals surface area contributed by atoms with Crippen LogP contribution in [0.3, 0.4) is 0 Å². The van der Waals surface area contributed by atoms with E-state index in [-0.39, 0.29) is 31.6 Å². The van der Waals surface area contributed by atoms with E-state index in [1.54, 1.807) is 19.4 Å². The third kappa shape index (κ3) is 9.05. The number of amides is 3. The molecule has 1 aromatic carbocycles. The van der Waals surface area contributed by atoms with Gasteiger partial charge in [-0.25, -0.2) is 4.79 Å². The van der Waals surface area contributed by atoms with Crippen LogP contribution in [0, 0.1) is 5.41 Å². The molecule has 0 saturated heterocycles. The van der Waals surface area contributed by atoms with E-state index in [4.69, 9.17) is 10.1 Å². The molecule has 3 amide bonds. The predicted molar refractivity (Wildman–Crippen MR) is 142 cm³/mol. The van der Waals surface area contributed by atoms with Crippen molar-refractivity contribution < 1.29 is 28.7 Å². The molecule has 0 radical (unpaired) electrons. The number of fused-ring (bicyclic) bond motifs is 1. The molecule has 200 valence electrons. The van der Waals surface area contributed by atoms with Gasteiger partial charge in [0.25, 0.3) is 0 Å².